The number of benzene rings is 3. The molecular formula is C20H18N4O. The number of anilines is 2. The molecule has 0 fully saturated rings. The third-order valence-electron chi connectivity index (χ3n) is 3.40. The Morgan fingerprint density at radius 3 is 2.00 bits per heavy atom. The third-order valence-corrected chi connectivity index (χ3v) is 3.40. The first kappa shape index (κ1) is 16.3. The van der Waals surface area contributed by atoms with Gasteiger partial charge in [-0.2, -0.15) is 10.1 Å². The first-order chi connectivity index (χ1) is 12.3. The molecule has 124 valence electrons. The summed E-state index contributed by atoms with van der Waals surface area (Å²) in [6.07, 6.45) is 1.65. The number of hydrazone groups is 1. The van der Waals surface area contributed by atoms with Crippen LogP contribution in [0.5, 0.6) is 0 Å². The molecule has 0 saturated carbocycles. The van der Waals surface area contributed by atoms with Crippen LogP contribution < -0.4 is 15.9 Å². The lowest BCUT2D eigenvalue weighted by Crippen LogP contribution is -2.40. The number of nitrogens with one attached hydrogen (secondary N) is 2. The second-order valence-electron chi connectivity index (χ2n) is 5.22. The predicted molar refractivity (Wildman–Crippen MR) is 102 cm³/mol. The van der Waals surface area contributed by atoms with Crippen molar-refractivity contribution in [1.82, 2.24) is 5.43 Å². The van der Waals surface area contributed by atoms with Crippen LogP contribution in [0, 0.1) is 0 Å². The highest BCUT2D eigenvalue weighted by Crippen LogP contribution is 2.14. The van der Waals surface area contributed by atoms with E-state index < -0.39 is 0 Å². The van der Waals surface area contributed by atoms with Crippen molar-refractivity contribution in [1.29, 1.82) is 0 Å². The summed E-state index contributed by atoms with van der Waals surface area (Å²) in [5.74, 6) is 0. The fourth-order valence-corrected chi connectivity index (χ4v) is 2.17. The number of rotatable bonds is 5. The SMILES string of the molecule is O=C(NNc1ccccc1)N(/N=C/c1ccccc1)c1ccccc1. The first-order valence-electron chi connectivity index (χ1n) is 7.88. The number of amides is 2. The van der Waals surface area contributed by atoms with Crippen LogP contribution in [0.15, 0.2) is 96.1 Å². The average Bonchev–Trinajstić information content (AvgIpc) is 2.69. The van der Waals surface area contributed by atoms with Gasteiger partial charge in [-0.05, 0) is 29.8 Å². The zero-order valence-electron chi connectivity index (χ0n) is 13.5. The van der Waals surface area contributed by atoms with Crippen LogP contribution >= 0.6 is 0 Å². The Morgan fingerprint density at radius 2 is 1.36 bits per heavy atom. The second kappa shape index (κ2) is 8.31. The molecule has 0 radical (unpaired) electrons. The predicted octanol–water partition coefficient (Wildman–Crippen LogP) is 4.26. The summed E-state index contributed by atoms with van der Waals surface area (Å²) in [6, 6.07) is 27.9. The minimum absolute atomic E-state index is 0.387. The molecule has 0 atom stereocenters. The summed E-state index contributed by atoms with van der Waals surface area (Å²) < 4.78 is 0. The zero-order chi connectivity index (χ0) is 17.3. The monoisotopic (exact) mass is 330 g/mol. The van der Waals surface area contributed by atoms with Gasteiger partial charge in [0, 0.05) is 0 Å². The third kappa shape index (κ3) is 4.68. The lowest BCUT2D eigenvalue weighted by Gasteiger charge is -2.18. The number of para-hydroxylation sites is 2. The van der Waals surface area contributed by atoms with Crippen LogP contribution in [0.3, 0.4) is 0 Å². The Morgan fingerprint density at radius 1 is 0.800 bits per heavy atom. The van der Waals surface area contributed by atoms with Crippen LogP contribution in [0.4, 0.5) is 16.2 Å². The first-order valence-corrected chi connectivity index (χ1v) is 7.88. The van der Waals surface area contributed by atoms with E-state index in [-0.39, 0.29) is 6.03 Å². The van der Waals surface area contributed by atoms with Crippen LogP contribution in [-0.2, 0) is 0 Å². The number of urea groups is 1. The van der Waals surface area contributed by atoms with Crippen LogP contribution in [0.25, 0.3) is 0 Å². The lowest BCUT2D eigenvalue weighted by atomic mass is 10.2. The fourth-order valence-electron chi connectivity index (χ4n) is 2.17. The number of carbonyl (C=O) groups is 1. The van der Waals surface area contributed by atoms with E-state index in [0.29, 0.717) is 5.69 Å². The molecule has 3 rings (SSSR count). The maximum Gasteiger partial charge on any atom is 0.361 e. The molecule has 0 spiro atoms. The van der Waals surface area contributed by atoms with E-state index >= 15 is 0 Å². The number of nitrogens with zero attached hydrogens (tertiary/aromatic N) is 2. The van der Waals surface area contributed by atoms with Crippen molar-refractivity contribution in [2.24, 2.45) is 5.10 Å². The molecule has 5 heteroatoms. The van der Waals surface area contributed by atoms with Gasteiger partial charge in [-0.1, -0.05) is 66.7 Å². The van der Waals surface area contributed by atoms with E-state index in [4.69, 9.17) is 0 Å². The summed E-state index contributed by atoms with van der Waals surface area (Å²) in [4.78, 5) is 12.6. The number of hydrogen-bond acceptors (Lipinski definition) is 3. The molecule has 25 heavy (non-hydrogen) atoms. The Balaban J connectivity index is 1.76. The normalized spacial score (nSPS) is 10.4. The van der Waals surface area contributed by atoms with Gasteiger partial charge < -0.3 is 0 Å². The fraction of sp³-hybridized carbons (Fsp3) is 0. The number of hydrazine groups is 1. The van der Waals surface area contributed by atoms with Crippen molar-refractivity contribution in [2.45, 2.75) is 0 Å². The molecule has 0 unspecified atom stereocenters. The van der Waals surface area contributed by atoms with E-state index in [1.807, 2.05) is 91.0 Å². The molecule has 2 N–H and O–H groups in total. The van der Waals surface area contributed by atoms with Gasteiger partial charge in [-0.25, -0.2) is 10.2 Å². The van der Waals surface area contributed by atoms with Gasteiger partial charge in [0.2, 0.25) is 0 Å². The van der Waals surface area contributed by atoms with Crippen molar-refractivity contribution in [3.05, 3.63) is 96.6 Å². The van der Waals surface area contributed by atoms with Crippen LogP contribution in [0.1, 0.15) is 5.56 Å². The van der Waals surface area contributed by atoms with Gasteiger partial charge in [-0.3, -0.25) is 5.43 Å². The second-order valence-corrected chi connectivity index (χ2v) is 5.22. The molecule has 0 aliphatic rings. The summed E-state index contributed by atoms with van der Waals surface area (Å²) in [5, 5.41) is 5.64. The summed E-state index contributed by atoms with van der Waals surface area (Å²) >= 11 is 0. The van der Waals surface area contributed by atoms with Gasteiger partial charge in [0.25, 0.3) is 0 Å². The van der Waals surface area contributed by atoms with Crippen molar-refractivity contribution in [3.8, 4) is 0 Å². The summed E-state index contributed by atoms with van der Waals surface area (Å²) in [6.45, 7) is 0. The largest absolute Gasteiger partial charge is 0.361 e. The molecule has 0 aromatic heterocycles. The van der Waals surface area contributed by atoms with Crippen molar-refractivity contribution in [2.75, 3.05) is 10.4 Å². The summed E-state index contributed by atoms with van der Waals surface area (Å²) in [5.41, 5.74) is 7.90. The van der Waals surface area contributed by atoms with Crippen LogP contribution in [-0.4, -0.2) is 12.2 Å². The Hall–Kier alpha value is -3.60. The average molecular weight is 330 g/mol. The van der Waals surface area contributed by atoms with Crippen molar-refractivity contribution in [3.63, 3.8) is 0 Å². The van der Waals surface area contributed by atoms with E-state index in [0.717, 1.165) is 11.3 Å². The smallest absolute Gasteiger partial charge is 0.297 e. The highest BCUT2D eigenvalue weighted by molar-refractivity contribution is 5.94. The highest BCUT2D eigenvalue weighted by atomic mass is 16.2. The molecule has 0 bridgehead atoms. The highest BCUT2D eigenvalue weighted by Gasteiger charge is 2.14. The molecule has 0 aliphatic heterocycles. The Bertz CT molecular complexity index is 820. The van der Waals surface area contributed by atoms with E-state index in [1.54, 1.807) is 6.21 Å². The molecule has 3 aromatic carbocycles. The quantitative estimate of drug-likeness (QED) is 0.542. The topological polar surface area (TPSA) is 56.7 Å². The molecule has 3 aromatic rings. The Kier molecular flexibility index (Phi) is 5.40. The van der Waals surface area contributed by atoms with Gasteiger partial charge in [0.1, 0.15) is 0 Å². The Labute approximate surface area is 146 Å². The van der Waals surface area contributed by atoms with Gasteiger partial charge in [-0.15, -0.1) is 0 Å². The van der Waals surface area contributed by atoms with Crippen molar-refractivity contribution < 1.29 is 4.79 Å². The molecule has 2 amide bonds. The lowest BCUT2D eigenvalue weighted by molar-refractivity contribution is 0.248. The minimum Gasteiger partial charge on any atom is -0.297 e. The van der Waals surface area contributed by atoms with Crippen molar-refractivity contribution >= 4 is 23.6 Å². The molecule has 0 saturated heterocycles. The maximum absolute atomic E-state index is 12.6. The molecule has 5 nitrogen and oxygen atoms in total. The van der Waals surface area contributed by atoms with E-state index in [1.165, 1.54) is 5.01 Å². The van der Waals surface area contributed by atoms with Gasteiger partial charge in [0.15, 0.2) is 0 Å². The van der Waals surface area contributed by atoms with E-state index in [9.17, 15) is 4.79 Å². The molecular weight excluding hydrogens is 312 g/mol. The maximum atomic E-state index is 12.6. The van der Waals surface area contributed by atoms with Gasteiger partial charge in [0.05, 0.1) is 17.6 Å². The van der Waals surface area contributed by atoms with Gasteiger partial charge >= 0.3 is 6.03 Å². The number of carbonyl (C=O) groups excluding carboxylic acids is 1. The molecule has 0 aliphatic carbocycles. The van der Waals surface area contributed by atoms with Crippen LogP contribution in [0.2, 0.25) is 0 Å². The molecule has 0 heterocycles. The summed E-state index contributed by atoms with van der Waals surface area (Å²) in [7, 11) is 0. The number of hydrogen-bond donors (Lipinski definition) is 2. The zero-order valence-corrected chi connectivity index (χ0v) is 13.5. The standard InChI is InChI=1S/C20H18N4O/c25-20(23-22-18-12-6-2-7-13-18)24(19-14-8-3-9-15-19)21-16-17-10-4-1-5-11-17/h1-16,22H,(H,23,25)/b21-16+. The van der Waals surface area contributed by atoms with E-state index in [2.05, 4.69) is 16.0 Å². The minimum atomic E-state index is -0.387.